The molecule has 30 heavy (non-hydrogen) atoms. The Morgan fingerprint density at radius 2 is 1.70 bits per heavy atom. The monoisotopic (exact) mass is 467 g/mol. The van der Waals surface area contributed by atoms with Gasteiger partial charge in [0.25, 0.3) is 0 Å². The highest BCUT2D eigenvalue weighted by Gasteiger charge is 2.16. The zero-order valence-corrected chi connectivity index (χ0v) is 19.1. The first-order valence-electron chi connectivity index (χ1n) is 10.1. The first-order chi connectivity index (χ1) is 14.6. The molecule has 2 heterocycles. The van der Waals surface area contributed by atoms with E-state index in [-0.39, 0.29) is 0 Å². The molecule has 0 aliphatic carbocycles. The molecule has 0 amide bonds. The van der Waals surface area contributed by atoms with E-state index in [2.05, 4.69) is 24.8 Å². The summed E-state index contributed by atoms with van der Waals surface area (Å²) in [6.45, 7) is 3.49. The molecule has 0 aliphatic heterocycles. The van der Waals surface area contributed by atoms with Crippen LogP contribution in [0.5, 0.6) is 0 Å². The number of nitrogen functional groups attached to an aromatic ring is 1. The van der Waals surface area contributed by atoms with Crippen molar-refractivity contribution < 1.29 is 0 Å². The molecule has 0 aliphatic rings. The predicted octanol–water partition coefficient (Wildman–Crippen LogP) is 4.37. The fourth-order valence-electron chi connectivity index (χ4n) is 3.14. The van der Waals surface area contributed by atoms with E-state index in [0.717, 1.165) is 54.7 Å². The molecule has 3 aromatic rings. The maximum atomic E-state index is 6.15. The third-order valence-electron chi connectivity index (χ3n) is 4.61. The number of fused-ring (bicyclic) bond motifs is 1. The smallest absolute Gasteiger partial charge is 0.175 e. The SMILES string of the molecule is NCCCCCCNCCCn1c(Sc2cc(Cl)cc(Cl)c2)nc2c(N)ncnc21. The fourth-order valence-corrected chi connectivity index (χ4v) is 4.80. The molecule has 0 atom stereocenters. The van der Waals surface area contributed by atoms with E-state index in [1.54, 1.807) is 6.07 Å². The van der Waals surface area contributed by atoms with Crippen LogP contribution in [-0.4, -0.2) is 39.2 Å². The van der Waals surface area contributed by atoms with E-state index in [4.69, 9.17) is 34.7 Å². The van der Waals surface area contributed by atoms with E-state index < -0.39 is 0 Å². The van der Waals surface area contributed by atoms with Crippen molar-refractivity contribution >= 4 is 51.9 Å². The molecule has 0 unspecified atom stereocenters. The topological polar surface area (TPSA) is 108 Å². The van der Waals surface area contributed by atoms with E-state index >= 15 is 0 Å². The normalized spacial score (nSPS) is 11.4. The van der Waals surface area contributed by atoms with Crippen molar-refractivity contribution in [2.45, 2.75) is 48.7 Å². The molecule has 1 aromatic carbocycles. The van der Waals surface area contributed by atoms with Crippen LogP contribution in [0.15, 0.2) is 34.6 Å². The van der Waals surface area contributed by atoms with Crippen LogP contribution in [0.2, 0.25) is 10.0 Å². The van der Waals surface area contributed by atoms with E-state index in [9.17, 15) is 0 Å². The van der Waals surface area contributed by atoms with Crippen LogP contribution in [0.3, 0.4) is 0 Å². The average Bonchev–Trinajstić information content (AvgIpc) is 3.04. The number of nitrogens with one attached hydrogen (secondary N) is 1. The Bertz CT molecular complexity index is 943. The molecule has 0 radical (unpaired) electrons. The van der Waals surface area contributed by atoms with Crippen molar-refractivity contribution in [1.29, 1.82) is 0 Å². The van der Waals surface area contributed by atoms with Crippen molar-refractivity contribution in [3.63, 3.8) is 0 Å². The van der Waals surface area contributed by atoms with Gasteiger partial charge in [0.2, 0.25) is 0 Å². The Labute approximate surface area is 190 Å². The number of hydrogen-bond acceptors (Lipinski definition) is 7. The number of benzene rings is 1. The number of rotatable bonds is 12. The van der Waals surface area contributed by atoms with Crippen LogP contribution in [0.4, 0.5) is 5.82 Å². The Morgan fingerprint density at radius 1 is 0.967 bits per heavy atom. The zero-order chi connectivity index (χ0) is 21.3. The Morgan fingerprint density at radius 3 is 2.47 bits per heavy atom. The number of unbranched alkanes of at least 4 members (excludes halogenated alkanes) is 3. The minimum absolute atomic E-state index is 0.375. The molecule has 0 bridgehead atoms. The second-order valence-corrected chi connectivity index (χ2v) is 8.90. The number of aryl methyl sites for hydroxylation is 1. The van der Waals surface area contributed by atoms with Gasteiger partial charge in [0.1, 0.15) is 6.33 Å². The molecule has 0 saturated heterocycles. The molecule has 162 valence electrons. The molecule has 2 aromatic heterocycles. The lowest BCUT2D eigenvalue weighted by Crippen LogP contribution is -2.18. The molecular formula is C20H27Cl2N7S. The van der Waals surface area contributed by atoms with Gasteiger partial charge in [0, 0.05) is 21.5 Å². The van der Waals surface area contributed by atoms with Crippen molar-refractivity contribution in [2.24, 2.45) is 5.73 Å². The van der Waals surface area contributed by atoms with Gasteiger partial charge in [-0.05, 0) is 57.1 Å². The van der Waals surface area contributed by atoms with E-state index in [1.807, 2.05) is 12.1 Å². The van der Waals surface area contributed by atoms with Gasteiger partial charge in [-0.15, -0.1) is 0 Å². The van der Waals surface area contributed by atoms with Crippen molar-refractivity contribution in [3.05, 3.63) is 34.6 Å². The van der Waals surface area contributed by atoms with Crippen LogP contribution in [0.25, 0.3) is 11.2 Å². The Balaban J connectivity index is 1.65. The second-order valence-electron chi connectivity index (χ2n) is 6.99. The van der Waals surface area contributed by atoms with Gasteiger partial charge in [0.05, 0.1) is 0 Å². The highest BCUT2D eigenvalue weighted by atomic mass is 35.5. The highest BCUT2D eigenvalue weighted by Crippen LogP contribution is 2.34. The van der Waals surface area contributed by atoms with Gasteiger partial charge in [0.15, 0.2) is 22.1 Å². The van der Waals surface area contributed by atoms with Crippen LogP contribution >= 0.6 is 35.0 Å². The first kappa shape index (κ1) is 23.1. The summed E-state index contributed by atoms with van der Waals surface area (Å²) >= 11 is 13.8. The highest BCUT2D eigenvalue weighted by molar-refractivity contribution is 7.99. The van der Waals surface area contributed by atoms with Gasteiger partial charge in [-0.25, -0.2) is 15.0 Å². The van der Waals surface area contributed by atoms with Crippen LogP contribution in [0, 0.1) is 0 Å². The zero-order valence-electron chi connectivity index (χ0n) is 16.8. The molecule has 3 rings (SSSR count). The Kier molecular flexibility index (Phi) is 9.02. The number of hydrogen-bond donors (Lipinski definition) is 3. The molecule has 0 fully saturated rings. The third-order valence-corrected chi connectivity index (χ3v) is 6.02. The molecule has 7 nitrogen and oxygen atoms in total. The molecule has 10 heteroatoms. The quantitative estimate of drug-likeness (QED) is 0.339. The van der Waals surface area contributed by atoms with Gasteiger partial charge in [-0.3, -0.25) is 0 Å². The summed E-state index contributed by atoms with van der Waals surface area (Å²) in [5, 5.41) is 5.46. The molecular weight excluding hydrogens is 441 g/mol. The van der Waals surface area contributed by atoms with Crippen LogP contribution < -0.4 is 16.8 Å². The van der Waals surface area contributed by atoms with Crippen molar-refractivity contribution in [3.8, 4) is 0 Å². The number of anilines is 1. The molecule has 5 N–H and O–H groups in total. The standard InChI is InChI=1S/C20H27Cl2N7S/c21-14-10-15(22)12-16(11-14)30-20-28-17-18(24)26-13-27-19(17)29(20)9-5-8-25-7-4-2-1-3-6-23/h10-13,25H,1-9,23H2,(H2,24,26,27). The number of nitrogens with two attached hydrogens (primary N) is 2. The van der Waals surface area contributed by atoms with E-state index in [1.165, 1.54) is 37.4 Å². The lowest BCUT2D eigenvalue weighted by molar-refractivity contribution is 0.541. The summed E-state index contributed by atoms with van der Waals surface area (Å²) in [5.74, 6) is 0.375. The largest absolute Gasteiger partial charge is 0.382 e. The molecule has 0 saturated carbocycles. The number of halogens is 2. The van der Waals surface area contributed by atoms with Crippen LogP contribution in [0.1, 0.15) is 32.1 Å². The lowest BCUT2D eigenvalue weighted by Gasteiger charge is -2.10. The van der Waals surface area contributed by atoms with Gasteiger partial charge in [-0.2, -0.15) is 0 Å². The van der Waals surface area contributed by atoms with Crippen LogP contribution in [-0.2, 0) is 6.54 Å². The number of aromatic nitrogens is 4. The summed E-state index contributed by atoms with van der Waals surface area (Å²) in [6.07, 6.45) is 7.12. The summed E-state index contributed by atoms with van der Waals surface area (Å²) in [6, 6.07) is 5.44. The third kappa shape index (κ3) is 6.46. The van der Waals surface area contributed by atoms with Crippen molar-refractivity contribution in [2.75, 3.05) is 25.4 Å². The van der Waals surface area contributed by atoms with Gasteiger partial charge < -0.3 is 21.4 Å². The van der Waals surface area contributed by atoms with E-state index in [0.29, 0.717) is 21.4 Å². The summed E-state index contributed by atoms with van der Waals surface area (Å²) in [5.41, 5.74) is 12.9. The lowest BCUT2D eigenvalue weighted by atomic mass is 10.2. The predicted molar refractivity (Wildman–Crippen MR) is 125 cm³/mol. The average molecular weight is 468 g/mol. The van der Waals surface area contributed by atoms with Gasteiger partial charge >= 0.3 is 0 Å². The van der Waals surface area contributed by atoms with Crippen molar-refractivity contribution in [1.82, 2.24) is 24.8 Å². The number of nitrogens with zero attached hydrogens (tertiary/aromatic N) is 4. The maximum Gasteiger partial charge on any atom is 0.175 e. The number of imidazole rings is 1. The van der Waals surface area contributed by atoms with Gasteiger partial charge in [-0.1, -0.05) is 47.8 Å². The first-order valence-corrected chi connectivity index (χ1v) is 11.7. The summed E-state index contributed by atoms with van der Waals surface area (Å²) < 4.78 is 2.08. The minimum atomic E-state index is 0.375. The summed E-state index contributed by atoms with van der Waals surface area (Å²) in [7, 11) is 0. The molecule has 0 spiro atoms. The fraction of sp³-hybridized carbons (Fsp3) is 0.450. The minimum Gasteiger partial charge on any atom is -0.382 e. The second kappa shape index (κ2) is 11.7. The Hall–Kier alpha value is -1.58. The summed E-state index contributed by atoms with van der Waals surface area (Å²) in [4.78, 5) is 14.1. The maximum absolute atomic E-state index is 6.15.